The number of anilines is 1. The number of benzene rings is 2. The Balaban J connectivity index is 2.01. The molecule has 164 valence electrons. The van der Waals surface area contributed by atoms with Gasteiger partial charge in [-0.15, -0.1) is 0 Å². The van der Waals surface area contributed by atoms with Crippen LogP contribution in [0.1, 0.15) is 50.4 Å². The molecule has 1 unspecified atom stereocenters. The number of sulfonamides is 1. The average Bonchev–Trinajstić information content (AvgIpc) is 2.65. The van der Waals surface area contributed by atoms with Crippen molar-refractivity contribution in [2.45, 2.75) is 45.7 Å². The SMILES string of the molecule is CC(c1ccc(NS(C)(=O)=O)c(F)c1)N(S)C(=O)NCc1ccc(C(C)(C)C)cc1. The number of carbonyl (C=O) groups is 1. The Morgan fingerprint density at radius 3 is 2.27 bits per heavy atom. The summed E-state index contributed by atoms with van der Waals surface area (Å²) < 4.78 is 40.0. The highest BCUT2D eigenvalue weighted by molar-refractivity contribution is 7.92. The second-order valence-electron chi connectivity index (χ2n) is 8.24. The second kappa shape index (κ2) is 9.26. The monoisotopic (exact) mass is 453 g/mol. The summed E-state index contributed by atoms with van der Waals surface area (Å²) in [6.45, 7) is 8.44. The normalized spacial score (nSPS) is 12.9. The van der Waals surface area contributed by atoms with Gasteiger partial charge >= 0.3 is 6.03 Å². The third-order valence-electron chi connectivity index (χ3n) is 4.61. The van der Waals surface area contributed by atoms with E-state index in [1.54, 1.807) is 13.0 Å². The Labute approximate surface area is 183 Å². The van der Waals surface area contributed by atoms with Crippen molar-refractivity contribution in [3.05, 3.63) is 65.0 Å². The van der Waals surface area contributed by atoms with Gasteiger partial charge in [0.1, 0.15) is 5.82 Å². The molecule has 1 atom stereocenters. The number of amides is 2. The number of rotatable bonds is 6. The van der Waals surface area contributed by atoms with Gasteiger partial charge in [-0.1, -0.05) is 63.9 Å². The maximum absolute atomic E-state index is 14.2. The molecular formula is C21H28FN3O3S2. The van der Waals surface area contributed by atoms with Gasteiger partial charge in [0, 0.05) is 6.54 Å². The van der Waals surface area contributed by atoms with Crippen molar-refractivity contribution >= 4 is 34.6 Å². The van der Waals surface area contributed by atoms with Crippen molar-refractivity contribution < 1.29 is 17.6 Å². The maximum Gasteiger partial charge on any atom is 0.328 e. The van der Waals surface area contributed by atoms with Crippen LogP contribution in [-0.4, -0.2) is 25.0 Å². The average molecular weight is 454 g/mol. The summed E-state index contributed by atoms with van der Waals surface area (Å²) in [6.07, 6.45) is 0.944. The second-order valence-corrected chi connectivity index (χ2v) is 10.4. The van der Waals surface area contributed by atoms with Crippen molar-refractivity contribution in [2.24, 2.45) is 0 Å². The van der Waals surface area contributed by atoms with E-state index in [1.165, 1.54) is 22.0 Å². The van der Waals surface area contributed by atoms with Gasteiger partial charge in [0.2, 0.25) is 10.0 Å². The zero-order valence-corrected chi connectivity index (χ0v) is 19.4. The van der Waals surface area contributed by atoms with E-state index < -0.39 is 27.9 Å². The minimum absolute atomic E-state index is 0.0563. The summed E-state index contributed by atoms with van der Waals surface area (Å²) in [5.41, 5.74) is 2.54. The zero-order valence-electron chi connectivity index (χ0n) is 17.7. The van der Waals surface area contributed by atoms with Gasteiger partial charge < -0.3 is 5.32 Å². The molecule has 0 aliphatic rings. The summed E-state index contributed by atoms with van der Waals surface area (Å²) in [5.74, 6) is -0.731. The molecule has 0 fully saturated rings. The van der Waals surface area contributed by atoms with Gasteiger partial charge in [-0.3, -0.25) is 9.03 Å². The van der Waals surface area contributed by atoms with Crippen molar-refractivity contribution in [1.29, 1.82) is 0 Å². The first-order valence-electron chi connectivity index (χ1n) is 9.40. The van der Waals surface area contributed by atoms with E-state index in [2.05, 4.69) is 43.6 Å². The van der Waals surface area contributed by atoms with Gasteiger partial charge in [0.05, 0.1) is 18.0 Å². The minimum Gasteiger partial charge on any atom is -0.333 e. The first-order chi connectivity index (χ1) is 13.8. The Morgan fingerprint density at radius 1 is 1.17 bits per heavy atom. The van der Waals surface area contributed by atoms with Crippen molar-refractivity contribution in [2.75, 3.05) is 11.0 Å². The molecule has 2 N–H and O–H groups in total. The molecule has 6 nitrogen and oxygen atoms in total. The number of halogens is 1. The molecule has 2 rings (SSSR count). The van der Waals surface area contributed by atoms with Crippen LogP contribution in [0.4, 0.5) is 14.9 Å². The van der Waals surface area contributed by atoms with Gasteiger partial charge in [-0.05, 0) is 41.2 Å². The summed E-state index contributed by atoms with van der Waals surface area (Å²) >= 11 is 4.25. The number of nitrogens with zero attached hydrogens (tertiary/aromatic N) is 1. The van der Waals surface area contributed by atoms with E-state index >= 15 is 0 Å². The topological polar surface area (TPSA) is 78.5 Å². The van der Waals surface area contributed by atoms with Crippen molar-refractivity contribution in [1.82, 2.24) is 9.62 Å². The largest absolute Gasteiger partial charge is 0.333 e. The molecular weight excluding hydrogens is 425 g/mol. The van der Waals surface area contributed by atoms with Crippen LogP contribution in [-0.2, 0) is 22.0 Å². The van der Waals surface area contributed by atoms with E-state index in [1.807, 2.05) is 24.3 Å². The van der Waals surface area contributed by atoms with Crippen LogP contribution in [0.25, 0.3) is 0 Å². The smallest absolute Gasteiger partial charge is 0.328 e. The highest BCUT2D eigenvalue weighted by Crippen LogP contribution is 2.26. The summed E-state index contributed by atoms with van der Waals surface area (Å²) in [7, 11) is -3.59. The van der Waals surface area contributed by atoms with E-state index in [0.29, 0.717) is 12.1 Å². The molecule has 2 aromatic carbocycles. The molecule has 0 aromatic heterocycles. The summed E-state index contributed by atoms with van der Waals surface area (Å²) in [6, 6.07) is 11.1. The lowest BCUT2D eigenvalue weighted by molar-refractivity contribution is 0.218. The van der Waals surface area contributed by atoms with Crippen LogP contribution in [0, 0.1) is 5.82 Å². The number of carbonyl (C=O) groups excluding carboxylic acids is 1. The molecule has 0 heterocycles. The fourth-order valence-corrected chi connectivity index (χ4v) is 3.54. The predicted octanol–water partition coefficient (Wildman–Crippen LogP) is 4.61. The lowest BCUT2D eigenvalue weighted by atomic mass is 9.87. The molecule has 0 saturated carbocycles. The standard InChI is InChI=1S/C21H28FN3O3S2/c1-14(16-8-11-19(18(22)12-16)24-30(5,27)28)25(29)20(26)23-13-15-6-9-17(10-7-15)21(2,3)4/h6-12,14,24,29H,13H2,1-5H3,(H,23,26). The van der Waals surface area contributed by atoms with E-state index in [9.17, 15) is 17.6 Å². The first kappa shape index (κ1) is 24.0. The van der Waals surface area contributed by atoms with E-state index in [4.69, 9.17) is 0 Å². The molecule has 0 radical (unpaired) electrons. The summed E-state index contributed by atoms with van der Waals surface area (Å²) in [5, 5.41) is 2.79. The third kappa shape index (κ3) is 6.63. The quantitative estimate of drug-likeness (QED) is 0.559. The van der Waals surface area contributed by atoms with Crippen LogP contribution in [0.2, 0.25) is 0 Å². The maximum atomic E-state index is 14.2. The molecule has 9 heteroatoms. The van der Waals surface area contributed by atoms with Gasteiger partial charge in [0.25, 0.3) is 0 Å². The molecule has 0 aliphatic carbocycles. The molecule has 0 spiro atoms. The van der Waals surface area contributed by atoms with E-state index in [0.717, 1.165) is 11.8 Å². The number of urea groups is 1. The van der Waals surface area contributed by atoms with E-state index in [-0.39, 0.29) is 11.1 Å². The molecule has 0 aliphatic heterocycles. The van der Waals surface area contributed by atoms with Crippen LogP contribution < -0.4 is 10.0 Å². The minimum atomic E-state index is -3.59. The molecule has 2 amide bonds. The fourth-order valence-electron chi connectivity index (χ4n) is 2.77. The molecule has 2 aromatic rings. The van der Waals surface area contributed by atoms with Crippen molar-refractivity contribution in [3.63, 3.8) is 0 Å². The van der Waals surface area contributed by atoms with Crippen LogP contribution >= 0.6 is 12.8 Å². The fraction of sp³-hybridized carbons (Fsp3) is 0.381. The highest BCUT2D eigenvalue weighted by atomic mass is 32.2. The van der Waals surface area contributed by atoms with Gasteiger partial charge in [-0.2, -0.15) is 0 Å². The number of thiol groups is 1. The first-order valence-corrected chi connectivity index (χ1v) is 11.7. The van der Waals surface area contributed by atoms with Crippen LogP contribution in [0.5, 0.6) is 0 Å². The Morgan fingerprint density at radius 2 is 1.77 bits per heavy atom. The number of nitrogens with one attached hydrogen (secondary N) is 2. The van der Waals surface area contributed by atoms with Crippen LogP contribution in [0.3, 0.4) is 0 Å². The molecule has 0 saturated heterocycles. The Bertz CT molecular complexity index is 1000. The Hall–Kier alpha value is -2.26. The van der Waals surface area contributed by atoms with Crippen molar-refractivity contribution in [3.8, 4) is 0 Å². The lowest BCUT2D eigenvalue weighted by Crippen LogP contribution is -2.35. The van der Waals surface area contributed by atoms with Crippen LogP contribution in [0.15, 0.2) is 42.5 Å². The lowest BCUT2D eigenvalue weighted by Gasteiger charge is -2.24. The van der Waals surface area contributed by atoms with Gasteiger partial charge in [0.15, 0.2) is 0 Å². The number of hydrogen-bond donors (Lipinski definition) is 3. The van der Waals surface area contributed by atoms with Gasteiger partial charge in [-0.25, -0.2) is 17.6 Å². The number of hydrogen-bond acceptors (Lipinski definition) is 4. The third-order valence-corrected chi connectivity index (χ3v) is 5.73. The zero-order chi connectivity index (χ0) is 22.7. The highest BCUT2D eigenvalue weighted by Gasteiger charge is 2.20. The Kier molecular flexibility index (Phi) is 7.41. The predicted molar refractivity (Wildman–Crippen MR) is 121 cm³/mol. The summed E-state index contributed by atoms with van der Waals surface area (Å²) in [4.78, 5) is 12.4. The molecule has 0 bridgehead atoms. The molecule has 30 heavy (non-hydrogen) atoms.